The molecule has 0 bridgehead atoms. The zero-order valence-electron chi connectivity index (χ0n) is 26.8. The largest absolute Gasteiger partial charge is 0.444 e. The van der Waals surface area contributed by atoms with E-state index in [0.717, 1.165) is 69.6 Å². The smallest absolute Gasteiger partial charge is 0.410 e. The van der Waals surface area contributed by atoms with Gasteiger partial charge in [0, 0.05) is 18.0 Å². The molecule has 2 amide bonds. The lowest BCUT2D eigenvalue weighted by molar-refractivity contribution is 0.0208. The Labute approximate surface area is 268 Å². The van der Waals surface area contributed by atoms with Crippen molar-refractivity contribution in [3.8, 4) is 32.3 Å². The van der Waals surface area contributed by atoms with E-state index in [-0.39, 0.29) is 24.3 Å². The maximum atomic E-state index is 12.8. The molecule has 2 aliphatic rings. The van der Waals surface area contributed by atoms with Gasteiger partial charge in [0.2, 0.25) is 0 Å². The fourth-order valence-electron chi connectivity index (χ4n) is 5.92. The minimum Gasteiger partial charge on any atom is -0.444 e. The van der Waals surface area contributed by atoms with Crippen LogP contribution in [0.2, 0.25) is 0 Å². The number of thiophene rings is 1. The molecule has 45 heavy (non-hydrogen) atoms. The molecule has 2 aliphatic heterocycles. The summed E-state index contributed by atoms with van der Waals surface area (Å²) in [6, 6.07) is 12.4. The van der Waals surface area contributed by atoms with Gasteiger partial charge < -0.3 is 19.4 Å². The molecular formula is C34H42N6O4S. The minimum atomic E-state index is -0.536. The van der Waals surface area contributed by atoms with Crippen LogP contribution in [0.25, 0.3) is 32.3 Å². The number of hydrogen-bond donors (Lipinski definition) is 2. The minimum absolute atomic E-state index is 0.113. The SMILES string of the molecule is CC(C)(C)OC(=O)N1CCC[C@@H]1c1ncc(-c2ccc(-c3ccc(-c4cnc([C@@H]5CCCN5C(=O)OC(C)(C)C)[nH]4)s3)cc2)[nH]1. The normalized spacial score (nSPS) is 18.9. The van der Waals surface area contributed by atoms with Gasteiger partial charge in [-0.3, -0.25) is 9.80 Å². The van der Waals surface area contributed by atoms with E-state index in [4.69, 9.17) is 9.47 Å². The number of H-pyrrole nitrogens is 2. The first kappa shape index (κ1) is 30.9. The molecule has 2 N–H and O–H groups in total. The van der Waals surface area contributed by atoms with Crippen molar-refractivity contribution in [1.29, 1.82) is 0 Å². The number of aromatic nitrogens is 4. The Hall–Kier alpha value is -4.12. The highest BCUT2D eigenvalue weighted by Gasteiger charge is 2.36. The molecule has 3 aromatic heterocycles. The summed E-state index contributed by atoms with van der Waals surface area (Å²) in [6.45, 7) is 12.6. The molecule has 4 aromatic rings. The Morgan fingerprint density at radius 2 is 1.18 bits per heavy atom. The summed E-state index contributed by atoms with van der Waals surface area (Å²) in [5.74, 6) is 1.57. The lowest BCUT2D eigenvalue weighted by Crippen LogP contribution is -2.36. The van der Waals surface area contributed by atoms with Crippen LogP contribution in [0.1, 0.15) is 91.0 Å². The first-order valence-electron chi connectivity index (χ1n) is 15.6. The number of ether oxygens (including phenoxy) is 2. The molecule has 0 unspecified atom stereocenters. The van der Waals surface area contributed by atoms with Crippen molar-refractivity contribution < 1.29 is 19.1 Å². The van der Waals surface area contributed by atoms with Crippen LogP contribution in [0.4, 0.5) is 9.59 Å². The molecule has 6 rings (SSSR count). The molecule has 2 atom stereocenters. The summed E-state index contributed by atoms with van der Waals surface area (Å²) in [6.07, 6.45) is 6.65. The van der Waals surface area contributed by atoms with Crippen LogP contribution >= 0.6 is 11.3 Å². The first-order chi connectivity index (χ1) is 21.3. The van der Waals surface area contributed by atoms with E-state index in [1.165, 1.54) is 0 Å². The highest BCUT2D eigenvalue weighted by molar-refractivity contribution is 7.18. The number of amides is 2. The van der Waals surface area contributed by atoms with Crippen molar-refractivity contribution in [3.05, 3.63) is 60.4 Å². The van der Waals surface area contributed by atoms with Gasteiger partial charge in [-0.2, -0.15) is 0 Å². The maximum absolute atomic E-state index is 12.8. The third-order valence-corrected chi connectivity index (χ3v) is 9.10. The van der Waals surface area contributed by atoms with E-state index in [1.54, 1.807) is 21.1 Å². The second kappa shape index (κ2) is 12.0. The highest BCUT2D eigenvalue weighted by atomic mass is 32.1. The predicted molar refractivity (Wildman–Crippen MR) is 175 cm³/mol. The van der Waals surface area contributed by atoms with Gasteiger partial charge in [-0.1, -0.05) is 24.3 Å². The molecule has 0 radical (unpaired) electrons. The fourth-order valence-corrected chi connectivity index (χ4v) is 6.89. The molecule has 2 fully saturated rings. The Morgan fingerprint density at radius 1 is 0.711 bits per heavy atom. The summed E-state index contributed by atoms with van der Waals surface area (Å²) in [5, 5.41) is 0. The van der Waals surface area contributed by atoms with Crippen molar-refractivity contribution in [2.24, 2.45) is 0 Å². The quantitative estimate of drug-likeness (QED) is 0.229. The van der Waals surface area contributed by atoms with Crippen molar-refractivity contribution >= 4 is 23.5 Å². The molecule has 0 saturated carbocycles. The molecule has 238 valence electrons. The second-order valence-corrected chi connectivity index (χ2v) is 14.9. The number of rotatable bonds is 5. The summed E-state index contributed by atoms with van der Waals surface area (Å²) >= 11 is 1.69. The average molecular weight is 631 g/mol. The lowest BCUT2D eigenvalue weighted by Gasteiger charge is -2.27. The van der Waals surface area contributed by atoms with Crippen molar-refractivity contribution in [3.63, 3.8) is 0 Å². The number of nitrogens with zero attached hydrogens (tertiary/aromatic N) is 4. The van der Waals surface area contributed by atoms with Crippen LogP contribution in [0.5, 0.6) is 0 Å². The van der Waals surface area contributed by atoms with Crippen molar-refractivity contribution in [2.45, 2.75) is 90.5 Å². The monoisotopic (exact) mass is 630 g/mol. The third-order valence-electron chi connectivity index (χ3n) is 7.94. The summed E-state index contributed by atoms with van der Waals surface area (Å²) < 4.78 is 11.3. The van der Waals surface area contributed by atoms with E-state index >= 15 is 0 Å². The van der Waals surface area contributed by atoms with Crippen LogP contribution in [-0.2, 0) is 9.47 Å². The van der Waals surface area contributed by atoms with E-state index in [1.807, 2.05) is 53.9 Å². The van der Waals surface area contributed by atoms with Gasteiger partial charge in [-0.15, -0.1) is 11.3 Å². The summed E-state index contributed by atoms with van der Waals surface area (Å²) in [4.78, 5) is 47.5. The lowest BCUT2D eigenvalue weighted by atomic mass is 10.1. The van der Waals surface area contributed by atoms with Crippen LogP contribution in [0, 0.1) is 0 Å². The Balaban J connectivity index is 1.12. The second-order valence-electron chi connectivity index (χ2n) is 13.8. The van der Waals surface area contributed by atoms with Gasteiger partial charge in [0.15, 0.2) is 0 Å². The molecular weight excluding hydrogens is 588 g/mol. The molecule has 10 nitrogen and oxygen atoms in total. The molecule has 11 heteroatoms. The number of nitrogens with one attached hydrogen (secondary N) is 2. The Morgan fingerprint density at radius 3 is 1.71 bits per heavy atom. The number of benzene rings is 1. The average Bonchev–Trinajstić information content (AvgIpc) is 3.80. The van der Waals surface area contributed by atoms with Crippen molar-refractivity contribution in [1.82, 2.24) is 29.7 Å². The molecule has 5 heterocycles. The van der Waals surface area contributed by atoms with Gasteiger partial charge in [-0.25, -0.2) is 19.6 Å². The summed E-state index contributed by atoms with van der Waals surface area (Å²) in [7, 11) is 0. The van der Waals surface area contributed by atoms with Crippen LogP contribution in [0.15, 0.2) is 48.8 Å². The Bertz CT molecular complexity index is 1660. The first-order valence-corrected chi connectivity index (χ1v) is 16.5. The molecule has 1 aromatic carbocycles. The van der Waals surface area contributed by atoms with Crippen LogP contribution in [-0.4, -0.2) is 66.2 Å². The number of likely N-dealkylation sites (tertiary alicyclic amines) is 2. The van der Waals surface area contributed by atoms with E-state index in [0.29, 0.717) is 13.1 Å². The van der Waals surface area contributed by atoms with E-state index in [2.05, 4.69) is 56.3 Å². The molecule has 0 aliphatic carbocycles. The predicted octanol–water partition coefficient (Wildman–Crippen LogP) is 8.34. The topological polar surface area (TPSA) is 116 Å². The van der Waals surface area contributed by atoms with Gasteiger partial charge in [0.1, 0.15) is 22.9 Å². The molecule has 0 spiro atoms. The van der Waals surface area contributed by atoms with Gasteiger partial charge >= 0.3 is 12.2 Å². The number of hydrogen-bond acceptors (Lipinski definition) is 7. The van der Waals surface area contributed by atoms with Crippen molar-refractivity contribution in [2.75, 3.05) is 13.1 Å². The number of aromatic amines is 2. The standard InChI is InChI=1S/C34H42N6O4S/c1-33(2,3)43-31(41)39-17-7-9-25(39)29-35-19-23(37-29)21-11-13-22(14-12-21)27-15-16-28(45-27)24-20-36-30(38-24)26-10-8-18-40(26)32(42)44-34(4,5)6/h11-16,19-20,25-26H,7-10,17-18H2,1-6H3,(H,35,37)(H,36,38)/t25-,26+/m1/s1. The maximum Gasteiger partial charge on any atom is 0.410 e. The van der Waals surface area contributed by atoms with Gasteiger partial charge in [0.05, 0.1) is 40.7 Å². The van der Waals surface area contributed by atoms with E-state index < -0.39 is 11.2 Å². The van der Waals surface area contributed by atoms with E-state index in [9.17, 15) is 9.59 Å². The summed E-state index contributed by atoms with van der Waals surface area (Å²) in [5.41, 5.74) is 2.93. The zero-order chi connectivity index (χ0) is 31.9. The highest BCUT2D eigenvalue weighted by Crippen LogP contribution is 2.38. The van der Waals surface area contributed by atoms with Gasteiger partial charge in [-0.05, 0) is 90.5 Å². The number of carbonyl (C=O) groups excluding carboxylic acids is 2. The third kappa shape index (κ3) is 6.93. The number of imidazole rings is 2. The fraction of sp³-hybridized carbons (Fsp3) is 0.471. The Kier molecular flexibility index (Phi) is 8.24. The molecule has 2 saturated heterocycles. The zero-order valence-corrected chi connectivity index (χ0v) is 27.7. The van der Waals surface area contributed by atoms with Gasteiger partial charge in [0.25, 0.3) is 0 Å². The van der Waals surface area contributed by atoms with Crippen LogP contribution < -0.4 is 0 Å². The van der Waals surface area contributed by atoms with Crippen LogP contribution in [0.3, 0.4) is 0 Å². The number of carbonyl (C=O) groups is 2.